The normalized spacial score (nSPS) is 14.6. The summed E-state index contributed by atoms with van der Waals surface area (Å²) in [6.07, 6.45) is 0. The average Bonchev–Trinajstić information content (AvgIpc) is 2.53. The van der Waals surface area contributed by atoms with E-state index in [-0.39, 0.29) is 11.8 Å². The Kier molecular flexibility index (Phi) is 3.82. The molecule has 4 nitrogen and oxygen atoms in total. The van der Waals surface area contributed by atoms with Crippen LogP contribution in [0.4, 0.5) is 0 Å². The SMILES string of the molecule is CC(C)NCCN1C(=O)c2ccc(Br)cc2C1=O. The van der Waals surface area contributed by atoms with E-state index in [1.165, 1.54) is 4.90 Å². The number of carbonyl (C=O) groups is 2. The lowest BCUT2D eigenvalue weighted by Gasteiger charge is -2.15. The lowest BCUT2D eigenvalue weighted by atomic mass is 10.1. The van der Waals surface area contributed by atoms with Crippen molar-refractivity contribution in [2.24, 2.45) is 0 Å². The monoisotopic (exact) mass is 310 g/mol. The van der Waals surface area contributed by atoms with Crippen LogP contribution in [0.15, 0.2) is 22.7 Å². The summed E-state index contributed by atoms with van der Waals surface area (Å²) in [4.78, 5) is 25.4. The van der Waals surface area contributed by atoms with E-state index in [2.05, 4.69) is 21.2 Å². The molecular formula is C13H15BrN2O2. The summed E-state index contributed by atoms with van der Waals surface area (Å²) in [6.45, 7) is 5.07. The van der Waals surface area contributed by atoms with Gasteiger partial charge in [0, 0.05) is 23.6 Å². The van der Waals surface area contributed by atoms with Crippen LogP contribution in [-0.4, -0.2) is 35.8 Å². The average molecular weight is 311 g/mol. The van der Waals surface area contributed by atoms with E-state index in [0.29, 0.717) is 30.3 Å². The molecule has 1 aromatic rings. The highest BCUT2D eigenvalue weighted by Gasteiger charge is 2.34. The number of rotatable bonds is 4. The van der Waals surface area contributed by atoms with E-state index in [1.807, 2.05) is 13.8 Å². The van der Waals surface area contributed by atoms with Gasteiger partial charge in [-0.1, -0.05) is 29.8 Å². The Morgan fingerprint density at radius 1 is 1.22 bits per heavy atom. The van der Waals surface area contributed by atoms with Gasteiger partial charge in [-0.2, -0.15) is 0 Å². The second kappa shape index (κ2) is 5.20. The van der Waals surface area contributed by atoms with E-state index in [0.717, 1.165) is 4.47 Å². The topological polar surface area (TPSA) is 49.4 Å². The van der Waals surface area contributed by atoms with Crippen LogP contribution in [-0.2, 0) is 0 Å². The molecule has 0 aromatic heterocycles. The molecule has 1 heterocycles. The van der Waals surface area contributed by atoms with Gasteiger partial charge in [0.15, 0.2) is 0 Å². The van der Waals surface area contributed by atoms with E-state index in [4.69, 9.17) is 0 Å². The quantitative estimate of drug-likeness (QED) is 0.866. The minimum atomic E-state index is -0.207. The smallest absolute Gasteiger partial charge is 0.261 e. The molecule has 18 heavy (non-hydrogen) atoms. The summed E-state index contributed by atoms with van der Waals surface area (Å²) in [5.41, 5.74) is 0.978. The number of fused-ring (bicyclic) bond motifs is 1. The highest BCUT2D eigenvalue weighted by Crippen LogP contribution is 2.25. The van der Waals surface area contributed by atoms with Gasteiger partial charge in [0.1, 0.15) is 0 Å². The maximum atomic E-state index is 12.1. The second-order valence-corrected chi connectivity index (χ2v) is 5.48. The minimum absolute atomic E-state index is 0.201. The zero-order valence-corrected chi connectivity index (χ0v) is 12.0. The maximum Gasteiger partial charge on any atom is 0.261 e. The number of amides is 2. The number of hydrogen-bond donors (Lipinski definition) is 1. The molecule has 0 unspecified atom stereocenters. The number of benzene rings is 1. The first-order valence-electron chi connectivity index (χ1n) is 5.90. The van der Waals surface area contributed by atoms with E-state index < -0.39 is 0 Å². The van der Waals surface area contributed by atoms with Gasteiger partial charge in [-0.25, -0.2) is 0 Å². The Hall–Kier alpha value is -1.20. The maximum absolute atomic E-state index is 12.1. The third-order valence-corrected chi connectivity index (χ3v) is 3.31. The van der Waals surface area contributed by atoms with Crippen molar-refractivity contribution in [1.82, 2.24) is 10.2 Å². The Morgan fingerprint density at radius 3 is 2.56 bits per heavy atom. The van der Waals surface area contributed by atoms with Crippen molar-refractivity contribution in [3.05, 3.63) is 33.8 Å². The van der Waals surface area contributed by atoms with Crippen molar-refractivity contribution < 1.29 is 9.59 Å². The predicted molar refractivity (Wildman–Crippen MR) is 72.6 cm³/mol. The first-order chi connectivity index (χ1) is 8.50. The molecule has 0 saturated carbocycles. The molecule has 1 N–H and O–H groups in total. The molecule has 2 amide bonds. The van der Waals surface area contributed by atoms with Crippen LogP contribution >= 0.6 is 15.9 Å². The molecule has 1 aliphatic heterocycles. The van der Waals surface area contributed by atoms with Crippen molar-refractivity contribution >= 4 is 27.7 Å². The van der Waals surface area contributed by atoms with E-state index in [9.17, 15) is 9.59 Å². The summed E-state index contributed by atoms with van der Waals surface area (Å²) in [7, 11) is 0. The highest BCUT2D eigenvalue weighted by molar-refractivity contribution is 9.10. The molecule has 96 valence electrons. The molecule has 0 aliphatic carbocycles. The summed E-state index contributed by atoms with van der Waals surface area (Å²) < 4.78 is 0.810. The highest BCUT2D eigenvalue weighted by atomic mass is 79.9. The fourth-order valence-electron chi connectivity index (χ4n) is 1.93. The molecular weight excluding hydrogens is 296 g/mol. The largest absolute Gasteiger partial charge is 0.313 e. The first kappa shape index (κ1) is 13.2. The lowest BCUT2D eigenvalue weighted by molar-refractivity contribution is 0.0654. The van der Waals surface area contributed by atoms with Crippen LogP contribution in [0.3, 0.4) is 0 Å². The number of nitrogens with zero attached hydrogens (tertiary/aromatic N) is 1. The van der Waals surface area contributed by atoms with E-state index >= 15 is 0 Å². The first-order valence-corrected chi connectivity index (χ1v) is 6.69. The Labute approximate surface area is 114 Å². The Morgan fingerprint density at radius 2 is 1.89 bits per heavy atom. The Bertz CT molecular complexity index is 500. The molecule has 0 atom stereocenters. The van der Waals surface area contributed by atoms with Gasteiger partial charge in [-0.3, -0.25) is 14.5 Å². The van der Waals surface area contributed by atoms with Gasteiger partial charge in [-0.15, -0.1) is 0 Å². The van der Waals surface area contributed by atoms with Gasteiger partial charge in [0.25, 0.3) is 11.8 Å². The standard InChI is InChI=1S/C13H15BrN2O2/c1-8(2)15-5-6-16-12(17)10-4-3-9(14)7-11(10)13(16)18/h3-4,7-8,15H,5-6H2,1-2H3. The summed E-state index contributed by atoms with van der Waals surface area (Å²) >= 11 is 3.31. The third-order valence-electron chi connectivity index (χ3n) is 2.82. The molecule has 0 spiro atoms. The van der Waals surface area contributed by atoms with Crippen LogP contribution in [0.25, 0.3) is 0 Å². The van der Waals surface area contributed by atoms with Crippen molar-refractivity contribution in [2.75, 3.05) is 13.1 Å². The van der Waals surface area contributed by atoms with Gasteiger partial charge < -0.3 is 5.32 Å². The fourth-order valence-corrected chi connectivity index (χ4v) is 2.29. The predicted octanol–water partition coefficient (Wildman–Crippen LogP) is 2.04. The van der Waals surface area contributed by atoms with Crippen LogP contribution < -0.4 is 5.32 Å². The van der Waals surface area contributed by atoms with Crippen LogP contribution in [0.2, 0.25) is 0 Å². The Balaban J connectivity index is 2.13. The van der Waals surface area contributed by atoms with Gasteiger partial charge >= 0.3 is 0 Å². The number of hydrogen-bond acceptors (Lipinski definition) is 3. The summed E-state index contributed by atoms with van der Waals surface area (Å²) in [6, 6.07) is 5.51. The number of imide groups is 1. The van der Waals surface area contributed by atoms with Gasteiger partial charge in [0.05, 0.1) is 11.1 Å². The van der Waals surface area contributed by atoms with Crippen molar-refractivity contribution in [1.29, 1.82) is 0 Å². The zero-order valence-electron chi connectivity index (χ0n) is 10.4. The van der Waals surface area contributed by atoms with Crippen molar-refractivity contribution in [3.63, 3.8) is 0 Å². The van der Waals surface area contributed by atoms with Crippen molar-refractivity contribution in [2.45, 2.75) is 19.9 Å². The molecule has 0 bridgehead atoms. The third kappa shape index (κ3) is 2.47. The van der Waals surface area contributed by atoms with E-state index in [1.54, 1.807) is 18.2 Å². The minimum Gasteiger partial charge on any atom is -0.313 e. The molecule has 0 saturated heterocycles. The molecule has 0 radical (unpaired) electrons. The van der Waals surface area contributed by atoms with Crippen LogP contribution in [0, 0.1) is 0 Å². The number of carbonyl (C=O) groups excluding carboxylic acids is 2. The lowest BCUT2D eigenvalue weighted by Crippen LogP contribution is -2.38. The summed E-state index contributed by atoms with van der Waals surface area (Å²) in [5.74, 6) is -0.407. The molecule has 1 aromatic carbocycles. The van der Waals surface area contributed by atoms with Gasteiger partial charge in [0.2, 0.25) is 0 Å². The number of nitrogens with one attached hydrogen (secondary N) is 1. The molecule has 1 aliphatic rings. The molecule has 5 heteroatoms. The van der Waals surface area contributed by atoms with Gasteiger partial charge in [-0.05, 0) is 18.2 Å². The zero-order chi connectivity index (χ0) is 13.3. The van der Waals surface area contributed by atoms with Crippen LogP contribution in [0.1, 0.15) is 34.6 Å². The second-order valence-electron chi connectivity index (χ2n) is 4.56. The number of halogens is 1. The summed E-state index contributed by atoms with van der Waals surface area (Å²) in [5, 5.41) is 3.20. The molecule has 2 rings (SSSR count). The fraction of sp³-hybridized carbons (Fsp3) is 0.385. The van der Waals surface area contributed by atoms with Crippen molar-refractivity contribution in [3.8, 4) is 0 Å². The molecule has 0 fully saturated rings. The van der Waals surface area contributed by atoms with Crippen LogP contribution in [0.5, 0.6) is 0 Å².